The quantitative estimate of drug-likeness (QED) is 0.646. The van der Waals surface area contributed by atoms with E-state index in [0.29, 0.717) is 13.8 Å². The Morgan fingerprint density at radius 1 is 1.10 bits per heavy atom. The maximum atomic E-state index is 12.1. The molecule has 20 heavy (non-hydrogen) atoms. The zero-order chi connectivity index (χ0) is 14.9. The van der Waals surface area contributed by atoms with Crippen molar-refractivity contribution in [1.29, 1.82) is 0 Å². The van der Waals surface area contributed by atoms with E-state index in [9.17, 15) is 9.59 Å². The summed E-state index contributed by atoms with van der Waals surface area (Å²) in [5.74, 6) is -1.48. The zero-order valence-electron chi connectivity index (χ0n) is 9.62. The lowest BCUT2D eigenvalue weighted by Crippen LogP contribution is -2.14. The van der Waals surface area contributed by atoms with E-state index in [2.05, 4.69) is 53.1 Å². The van der Waals surface area contributed by atoms with Crippen LogP contribution >= 0.6 is 59.1 Å². The number of thiophene rings is 1. The van der Waals surface area contributed by atoms with Crippen LogP contribution in [0, 0.1) is 0 Å². The van der Waals surface area contributed by atoms with Crippen LogP contribution in [0.5, 0.6) is 0 Å². The molecular formula is C12H6Br3NO3S. The normalized spacial score (nSPS) is 10.3. The molecule has 1 aromatic carbocycles. The molecule has 0 bridgehead atoms. The molecule has 1 amide bonds. The van der Waals surface area contributed by atoms with Gasteiger partial charge in [0.15, 0.2) is 0 Å². The van der Waals surface area contributed by atoms with Gasteiger partial charge in [-0.15, -0.1) is 11.3 Å². The number of hydrogen-bond donors (Lipinski definition) is 2. The number of carboxylic acid groups (broad SMARTS) is 1. The summed E-state index contributed by atoms with van der Waals surface area (Å²) in [6, 6.07) is 6.32. The molecule has 0 aliphatic heterocycles. The average molecular weight is 484 g/mol. The number of halogens is 3. The molecule has 2 aromatic rings. The molecular weight excluding hydrogens is 478 g/mol. The Bertz CT molecular complexity index is 699. The van der Waals surface area contributed by atoms with Gasteiger partial charge >= 0.3 is 5.97 Å². The van der Waals surface area contributed by atoms with Crippen molar-refractivity contribution in [2.24, 2.45) is 0 Å². The Morgan fingerprint density at radius 2 is 1.80 bits per heavy atom. The van der Waals surface area contributed by atoms with Gasteiger partial charge in [-0.05, 0) is 56.1 Å². The van der Waals surface area contributed by atoms with Crippen LogP contribution in [-0.4, -0.2) is 17.0 Å². The summed E-state index contributed by atoms with van der Waals surface area (Å²) in [6.07, 6.45) is 0. The second kappa shape index (κ2) is 6.38. The molecule has 0 spiro atoms. The lowest BCUT2D eigenvalue weighted by atomic mass is 10.1. The van der Waals surface area contributed by atoms with Crippen molar-refractivity contribution in [2.75, 3.05) is 5.32 Å². The standard InChI is InChI=1S/C12H6Br3NO3S/c13-5-1-2-8(6(3-5)12(18)19)16-11(17)7-4-9(14)20-10(7)15/h1-4H,(H,16,17)(H,18,19). The summed E-state index contributed by atoms with van der Waals surface area (Å²) >= 11 is 11.2. The molecule has 2 rings (SSSR count). The van der Waals surface area contributed by atoms with Crippen LogP contribution in [0.3, 0.4) is 0 Å². The van der Waals surface area contributed by atoms with Crippen molar-refractivity contribution in [2.45, 2.75) is 0 Å². The highest BCUT2D eigenvalue weighted by atomic mass is 79.9. The zero-order valence-corrected chi connectivity index (χ0v) is 15.2. The third kappa shape index (κ3) is 3.49. The largest absolute Gasteiger partial charge is 0.478 e. The Kier molecular flexibility index (Phi) is 5.00. The van der Waals surface area contributed by atoms with Crippen LogP contribution in [0.2, 0.25) is 0 Å². The number of aromatic carboxylic acids is 1. The van der Waals surface area contributed by atoms with Gasteiger partial charge in [0.05, 0.1) is 24.4 Å². The molecule has 2 N–H and O–H groups in total. The van der Waals surface area contributed by atoms with E-state index in [1.54, 1.807) is 18.2 Å². The Labute approximate surface area is 143 Å². The van der Waals surface area contributed by atoms with E-state index in [1.807, 2.05) is 0 Å². The fourth-order valence-corrected chi connectivity index (χ4v) is 4.64. The minimum Gasteiger partial charge on any atom is -0.478 e. The van der Waals surface area contributed by atoms with E-state index < -0.39 is 5.97 Å². The molecule has 0 radical (unpaired) electrons. The monoisotopic (exact) mass is 481 g/mol. The first-order chi connectivity index (χ1) is 9.38. The molecule has 0 aliphatic rings. The van der Waals surface area contributed by atoms with Crippen molar-refractivity contribution in [3.8, 4) is 0 Å². The number of nitrogens with one attached hydrogen (secondary N) is 1. The molecule has 0 saturated heterocycles. The fraction of sp³-hybridized carbons (Fsp3) is 0. The number of anilines is 1. The van der Waals surface area contributed by atoms with E-state index in [4.69, 9.17) is 5.11 Å². The molecule has 4 nitrogen and oxygen atoms in total. The van der Waals surface area contributed by atoms with Gasteiger partial charge in [0.1, 0.15) is 0 Å². The number of benzene rings is 1. The number of carbonyl (C=O) groups is 2. The SMILES string of the molecule is O=C(O)c1cc(Br)ccc1NC(=O)c1cc(Br)sc1Br. The minimum atomic E-state index is -1.10. The highest BCUT2D eigenvalue weighted by Gasteiger charge is 2.17. The summed E-state index contributed by atoms with van der Waals surface area (Å²) in [5, 5.41) is 11.8. The third-order valence-electron chi connectivity index (χ3n) is 2.36. The predicted molar refractivity (Wildman–Crippen MR) is 88.8 cm³/mol. The Morgan fingerprint density at radius 3 is 2.35 bits per heavy atom. The van der Waals surface area contributed by atoms with Crippen molar-refractivity contribution in [3.63, 3.8) is 0 Å². The number of hydrogen-bond acceptors (Lipinski definition) is 3. The van der Waals surface area contributed by atoms with E-state index in [0.717, 1.165) is 3.79 Å². The summed E-state index contributed by atoms with van der Waals surface area (Å²) in [5.41, 5.74) is 0.721. The van der Waals surface area contributed by atoms with Gasteiger partial charge < -0.3 is 10.4 Å². The molecule has 8 heteroatoms. The third-order valence-corrected chi connectivity index (χ3v) is 5.19. The summed E-state index contributed by atoms with van der Waals surface area (Å²) in [4.78, 5) is 23.3. The lowest BCUT2D eigenvalue weighted by molar-refractivity contribution is 0.0698. The van der Waals surface area contributed by atoms with Crippen molar-refractivity contribution < 1.29 is 14.7 Å². The smallest absolute Gasteiger partial charge is 0.337 e. The second-order valence-corrected chi connectivity index (χ2v) is 8.35. The van der Waals surface area contributed by atoms with Crippen LogP contribution < -0.4 is 5.32 Å². The van der Waals surface area contributed by atoms with E-state index in [1.165, 1.54) is 17.4 Å². The van der Waals surface area contributed by atoms with Gasteiger partial charge in [-0.25, -0.2) is 4.79 Å². The molecule has 0 aliphatic carbocycles. The van der Waals surface area contributed by atoms with Crippen molar-refractivity contribution >= 4 is 76.7 Å². The van der Waals surface area contributed by atoms with Crippen LogP contribution in [-0.2, 0) is 0 Å². The fourth-order valence-electron chi connectivity index (χ4n) is 1.49. The molecule has 0 atom stereocenters. The summed E-state index contributed by atoms with van der Waals surface area (Å²) < 4.78 is 2.12. The Hall–Kier alpha value is -0.700. The van der Waals surface area contributed by atoms with Gasteiger partial charge in [0.2, 0.25) is 0 Å². The first-order valence-corrected chi connectivity index (χ1v) is 8.37. The maximum absolute atomic E-state index is 12.1. The summed E-state index contributed by atoms with van der Waals surface area (Å²) in [6.45, 7) is 0. The first kappa shape index (κ1) is 15.7. The number of carbonyl (C=O) groups excluding carboxylic acids is 1. The van der Waals surface area contributed by atoms with Gasteiger partial charge in [0.25, 0.3) is 5.91 Å². The molecule has 0 fully saturated rings. The molecule has 0 unspecified atom stereocenters. The highest BCUT2D eigenvalue weighted by Crippen LogP contribution is 2.32. The van der Waals surface area contributed by atoms with Crippen LogP contribution in [0.1, 0.15) is 20.7 Å². The van der Waals surface area contributed by atoms with Crippen LogP contribution in [0.25, 0.3) is 0 Å². The maximum Gasteiger partial charge on any atom is 0.337 e. The topological polar surface area (TPSA) is 66.4 Å². The molecule has 1 aromatic heterocycles. The van der Waals surface area contributed by atoms with Gasteiger partial charge in [-0.3, -0.25) is 4.79 Å². The molecule has 0 saturated carbocycles. The Balaban J connectivity index is 2.33. The van der Waals surface area contributed by atoms with Gasteiger partial charge in [0, 0.05) is 4.47 Å². The predicted octanol–water partition coefficient (Wildman–Crippen LogP) is 4.99. The first-order valence-electron chi connectivity index (χ1n) is 5.17. The van der Waals surface area contributed by atoms with Gasteiger partial charge in [-0.2, -0.15) is 0 Å². The number of amides is 1. The average Bonchev–Trinajstić information content (AvgIpc) is 2.70. The molecule has 1 heterocycles. The lowest BCUT2D eigenvalue weighted by Gasteiger charge is -2.08. The van der Waals surface area contributed by atoms with E-state index in [-0.39, 0.29) is 17.2 Å². The van der Waals surface area contributed by atoms with E-state index >= 15 is 0 Å². The highest BCUT2D eigenvalue weighted by molar-refractivity contribution is 9.12. The number of rotatable bonds is 3. The van der Waals surface area contributed by atoms with Crippen molar-refractivity contribution in [3.05, 3.63) is 47.4 Å². The second-order valence-electron chi connectivity index (χ2n) is 3.69. The van der Waals surface area contributed by atoms with Crippen LogP contribution in [0.4, 0.5) is 5.69 Å². The molecule has 104 valence electrons. The minimum absolute atomic E-state index is 0.0261. The number of carboxylic acids is 1. The van der Waals surface area contributed by atoms with Gasteiger partial charge in [-0.1, -0.05) is 15.9 Å². The van der Waals surface area contributed by atoms with Crippen LogP contribution in [0.15, 0.2) is 36.3 Å². The summed E-state index contributed by atoms with van der Waals surface area (Å²) in [7, 11) is 0. The van der Waals surface area contributed by atoms with Crippen molar-refractivity contribution in [1.82, 2.24) is 0 Å².